The Bertz CT molecular complexity index is 2840. The monoisotopic (exact) mass is 949 g/mol. The van der Waals surface area contributed by atoms with Gasteiger partial charge in [0.25, 0.3) is 5.91 Å². The molecule has 0 bridgehead atoms. The lowest BCUT2D eigenvalue weighted by atomic mass is 9.92. The summed E-state index contributed by atoms with van der Waals surface area (Å²) in [5.41, 5.74) is 1.09. The number of hydrogen-bond acceptors (Lipinski definition) is 11. The SMILES string of the molecule is C=CCOc1ccc2ccccc2c1-c1c(OCC(=O)N[C@H](CCCN=C(NC(=O)OC(C)(C)C)NC(=O)OC(C)(C)C)C(=O)Nc2cccc(C(=O)OCc3ccccc3)c2)ccc2ccccc12. The molecule has 4 amide bonds. The van der Waals surface area contributed by atoms with Gasteiger partial charge in [-0.05, 0) is 112 Å². The van der Waals surface area contributed by atoms with E-state index >= 15 is 0 Å². The Morgan fingerprint density at radius 3 is 1.83 bits per heavy atom. The average Bonchev–Trinajstić information content (AvgIpc) is 3.31. The molecule has 0 saturated heterocycles. The molecule has 6 aromatic carbocycles. The van der Waals surface area contributed by atoms with Crippen molar-refractivity contribution in [2.75, 3.05) is 25.1 Å². The second kappa shape index (κ2) is 23.7. The van der Waals surface area contributed by atoms with Gasteiger partial charge in [0.2, 0.25) is 11.9 Å². The van der Waals surface area contributed by atoms with Gasteiger partial charge in [0.1, 0.15) is 42.0 Å². The number of nitrogens with zero attached hydrogens (tertiary/aromatic N) is 1. The van der Waals surface area contributed by atoms with Crippen LogP contribution < -0.4 is 30.7 Å². The number of anilines is 1. The maximum absolute atomic E-state index is 14.1. The van der Waals surface area contributed by atoms with Crippen LogP contribution in [0.1, 0.15) is 70.3 Å². The number of carbonyl (C=O) groups is 5. The number of amides is 4. The summed E-state index contributed by atoms with van der Waals surface area (Å²) in [6.07, 6.45) is 0.139. The highest BCUT2D eigenvalue weighted by Gasteiger charge is 2.25. The van der Waals surface area contributed by atoms with Gasteiger partial charge in [0.05, 0.1) is 5.56 Å². The molecule has 0 saturated carbocycles. The van der Waals surface area contributed by atoms with Crippen LogP contribution >= 0.6 is 0 Å². The van der Waals surface area contributed by atoms with Crippen LogP contribution in [-0.2, 0) is 30.4 Å². The molecular weight excluding hydrogens is 891 g/mol. The molecular formula is C55H59N5O10. The highest BCUT2D eigenvalue weighted by molar-refractivity contribution is 6.10. The normalized spacial score (nSPS) is 11.6. The van der Waals surface area contributed by atoms with Crippen LogP contribution in [0.5, 0.6) is 11.5 Å². The van der Waals surface area contributed by atoms with E-state index in [1.807, 2.05) is 97.1 Å². The van der Waals surface area contributed by atoms with E-state index < -0.39 is 53.8 Å². The molecule has 0 aliphatic rings. The van der Waals surface area contributed by atoms with E-state index in [-0.39, 0.29) is 49.8 Å². The van der Waals surface area contributed by atoms with Gasteiger partial charge in [-0.2, -0.15) is 0 Å². The summed E-state index contributed by atoms with van der Waals surface area (Å²) in [5.74, 6) is -1.04. The van der Waals surface area contributed by atoms with Gasteiger partial charge < -0.3 is 34.3 Å². The molecule has 364 valence electrons. The fraction of sp³-hybridized carbons (Fsp3) is 0.273. The summed E-state index contributed by atoms with van der Waals surface area (Å²) in [4.78, 5) is 71.0. The van der Waals surface area contributed by atoms with Crippen molar-refractivity contribution in [1.29, 1.82) is 0 Å². The molecule has 6 rings (SSSR count). The quantitative estimate of drug-likeness (QED) is 0.0171. The number of aliphatic imine (C=N–C) groups is 1. The molecule has 0 unspecified atom stereocenters. The molecule has 1 atom stereocenters. The Morgan fingerprint density at radius 2 is 1.24 bits per heavy atom. The van der Waals surface area contributed by atoms with Crippen LogP contribution in [-0.4, -0.2) is 72.9 Å². The molecule has 4 N–H and O–H groups in total. The standard InChI is InChI=1S/C55H59N5O10/c1-8-32-66-44-29-27-37-20-12-14-24-41(37)47(44)48-42-25-15-13-21-38(42)28-30-45(48)67-35-46(61)58-43(26-17-31-56-51(59-52(64)69-54(2,3)4)60-53(65)70-55(5,6)7)49(62)57-40-23-16-22-39(33-40)50(63)68-34-36-18-10-9-11-19-36/h8-16,18-25,27-30,33,43H,1,17,26,31-32,34-35H2,2-7H3,(H,57,62)(H,58,61)(H2,56,59,60,64,65)/t43-/m1/s1. The van der Waals surface area contributed by atoms with Crippen molar-refractivity contribution in [3.63, 3.8) is 0 Å². The number of esters is 1. The van der Waals surface area contributed by atoms with E-state index in [9.17, 15) is 24.0 Å². The van der Waals surface area contributed by atoms with Gasteiger partial charge in [0.15, 0.2) is 6.61 Å². The van der Waals surface area contributed by atoms with Gasteiger partial charge in [-0.1, -0.05) is 110 Å². The first-order valence-electron chi connectivity index (χ1n) is 22.8. The maximum Gasteiger partial charge on any atom is 0.414 e. The van der Waals surface area contributed by atoms with Crippen LogP contribution in [0.3, 0.4) is 0 Å². The van der Waals surface area contributed by atoms with Crippen LogP contribution in [0.4, 0.5) is 15.3 Å². The van der Waals surface area contributed by atoms with Gasteiger partial charge in [-0.3, -0.25) is 25.2 Å². The second-order valence-electron chi connectivity index (χ2n) is 18.1. The van der Waals surface area contributed by atoms with Crippen LogP contribution in [0.2, 0.25) is 0 Å². The van der Waals surface area contributed by atoms with Crippen molar-refractivity contribution in [1.82, 2.24) is 16.0 Å². The van der Waals surface area contributed by atoms with Crippen molar-refractivity contribution in [3.05, 3.63) is 151 Å². The summed E-state index contributed by atoms with van der Waals surface area (Å²) >= 11 is 0. The highest BCUT2D eigenvalue weighted by Crippen LogP contribution is 2.45. The maximum atomic E-state index is 14.1. The zero-order chi connectivity index (χ0) is 50.3. The summed E-state index contributed by atoms with van der Waals surface area (Å²) in [6, 6.07) is 37.7. The van der Waals surface area contributed by atoms with Gasteiger partial charge >= 0.3 is 18.2 Å². The zero-order valence-corrected chi connectivity index (χ0v) is 40.3. The van der Waals surface area contributed by atoms with Crippen LogP contribution in [0.15, 0.2) is 145 Å². The number of nitrogens with one attached hydrogen (secondary N) is 4. The number of fused-ring (bicyclic) bond motifs is 2. The lowest BCUT2D eigenvalue weighted by Crippen LogP contribution is -2.47. The number of ether oxygens (including phenoxy) is 5. The third-order valence-corrected chi connectivity index (χ3v) is 10.1. The number of alkyl carbamates (subject to hydrolysis) is 2. The Hall–Kier alpha value is -8.20. The molecule has 0 aliphatic carbocycles. The van der Waals surface area contributed by atoms with Crippen molar-refractivity contribution >= 4 is 63.2 Å². The smallest absolute Gasteiger partial charge is 0.414 e. The van der Waals surface area contributed by atoms with Crippen molar-refractivity contribution in [3.8, 4) is 22.6 Å². The van der Waals surface area contributed by atoms with Crippen molar-refractivity contribution < 1.29 is 47.7 Å². The summed E-state index contributed by atoms with van der Waals surface area (Å²) in [5, 5.41) is 14.2. The molecule has 0 aromatic heterocycles. The molecule has 0 aliphatic heterocycles. The van der Waals surface area contributed by atoms with Gasteiger partial charge in [0, 0.05) is 23.4 Å². The topological polar surface area (TPSA) is 192 Å². The minimum absolute atomic E-state index is 0.0262. The number of benzene rings is 6. The zero-order valence-electron chi connectivity index (χ0n) is 40.3. The first-order valence-corrected chi connectivity index (χ1v) is 22.8. The Balaban J connectivity index is 1.24. The van der Waals surface area contributed by atoms with E-state index in [4.69, 9.17) is 23.7 Å². The van der Waals surface area contributed by atoms with Crippen molar-refractivity contribution in [2.45, 2.75) is 78.2 Å². The molecule has 15 heteroatoms. The molecule has 15 nitrogen and oxygen atoms in total. The summed E-state index contributed by atoms with van der Waals surface area (Å²) < 4.78 is 28.8. The molecule has 0 radical (unpaired) electrons. The number of carbonyl (C=O) groups excluding carboxylic acids is 5. The number of hydrogen-bond donors (Lipinski definition) is 4. The van der Waals surface area contributed by atoms with E-state index in [2.05, 4.69) is 32.8 Å². The van der Waals surface area contributed by atoms with Gasteiger partial charge in [-0.15, -0.1) is 0 Å². The third kappa shape index (κ3) is 15.2. The van der Waals surface area contributed by atoms with E-state index in [1.54, 1.807) is 71.9 Å². The van der Waals surface area contributed by atoms with Gasteiger partial charge in [-0.25, -0.2) is 14.4 Å². The van der Waals surface area contributed by atoms with Crippen LogP contribution in [0.25, 0.3) is 32.7 Å². The predicted octanol–water partition coefficient (Wildman–Crippen LogP) is 10.3. The fourth-order valence-electron chi connectivity index (χ4n) is 7.21. The predicted molar refractivity (Wildman–Crippen MR) is 271 cm³/mol. The van der Waals surface area contributed by atoms with E-state index in [0.29, 0.717) is 17.1 Å². The molecule has 0 spiro atoms. The largest absolute Gasteiger partial charge is 0.489 e. The fourth-order valence-corrected chi connectivity index (χ4v) is 7.21. The average molecular weight is 950 g/mol. The Kier molecular flexibility index (Phi) is 17.3. The number of guanidine groups is 1. The van der Waals surface area contributed by atoms with E-state index in [0.717, 1.165) is 32.7 Å². The first-order chi connectivity index (χ1) is 33.5. The van der Waals surface area contributed by atoms with E-state index in [1.165, 1.54) is 6.07 Å². The Labute approximate surface area is 407 Å². The number of rotatable bonds is 17. The van der Waals surface area contributed by atoms with Crippen LogP contribution in [0, 0.1) is 0 Å². The lowest BCUT2D eigenvalue weighted by Gasteiger charge is -2.22. The Morgan fingerprint density at radius 1 is 0.671 bits per heavy atom. The third-order valence-electron chi connectivity index (χ3n) is 10.1. The minimum atomic E-state index is -1.16. The minimum Gasteiger partial charge on any atom is -0.489 e. The molecule has 0 heterocycles. The molecule has 0 fully saturated rings. The molecule has 70 heavy (non-hydrogen) atoms. The molecule has 6 aromatic rings. The first kappa shape index (κ1) is 51.2. The lowest BCUT2D eigenvalue weighted by molar-refractivity contribution is -0.128. The van der Waals surface area contributed by atoms with Crippen molar-refractivity contribution in [2.24, 2.45) is 4.99 Å². The second-order valence-corrected chi connectivity index (χ2v) is 18.1. The summed E-state index contributed by atoms with van der Waals surface area (Å²) in [6.45, 7) is 13.8. The summed E-state index contributed by atoms with van der Waals surface area (Å²) in [7, 11) is 0. The highest BCUT2D eigenvalue weighted by atomic mass is 16.6.